The molecule has 0 unspecified atom stereocenters. The predicted octanol–water partition coefficient (Wildman–Crippen LogP) is 3.34. The molecule has 0 N–H and O–H groups in total. The Bertz CT molecular complexity index is 906. The fraction of sp³-hybridized carbons (Fsp3) is 0.440. The summed E-state index contributed by atoms with van der Waals surface area (Å²) < 4.78 is 5.23. The van der Waals surface area contributed by atoms with E-state index in [1.807, 2.05) is 29.2 Å². The number of methoxy groups -OCH3 is 1. The molecule has 2 atom stereocenters. The van der Waals surface area contributed by atoms with Crippen LogP contribution in [-0.2, 0) is 21.5 Å². The van der Waals surface area contributed by atoms with Crippen molar-refractivity contribution in [2.45, 2.75) is 37.3 Å². The van der Waals surface area contributed by atoms with Crippen LogP contribution in [0.5, 0.6) is 0 Å². The summed E-state index contributed by atoms with van der Waals surface area (Å²) in [7, 11) is 1.68. The molecule has 5 heteroatoms. The second-order valence-electron chi connectivity index (χ2n) is 8.39. The van der Waals surface area contributed by atoms with E-state index in [1.165, 1.54) is 11.1 Å². The third-order valence-electron chi connectivity index (χ3n) is 6.86. The zero-order chi connectivity index (χ0) is 21.0. The van der Waals surface area contributed by atoms with Crippen molar-refractivity contribution in [2.75, 3.05) is 33.4 Å². The van der Waals surface area contributed by atoms with Crippen molar-refractivity contribution in [3.63, 3.8) is 0 Å². The molecule has 2 aliphatic heterocycles. The Morgan fingerprint density at radius 1 is 1.10 bits per heavy atom. The third kappa shape index (κ3) is 3.98. The fourth-order valence-electron chi connectivity index (χ4n) is 5.18. The van der Waals surface area contributed by atoms with Gasteiger partial charge in [-0.15, -0.1) is 0 Å². The molecule has 0 saturated carbocycles. The van der Waals surface area contributed by atoms with Crippen LogP contribution < -0.4 is 0 Å². The number of rotatable bonds is 6. The first-order valence-corrected chi connectivity index (χ1v) is 10.7. The SMILES string of the molecule is COCCN1CC[C@@]2(c3ccccc3)CCN(Cc3ccc(C#N)cc3)[C@@H]2CC1=O. The van der Waals surface area contributed by atoms with Crippen LogP contribution in [0.4, 0.5) is 0 Å². The van der Waals surface area contributed by atoms with Crippen molar-refractivity contribution in [1.29, 1.82) is 5.26 Å². The number of hydrogen-bond donors (Lipinski definition) is 0. The first kappa shape index (κ1) is 20.6. The maximum absolute atomic E-state index is 13.1. The van der Waals surface area contributed by atoms with Gasteiger partial charge >= 0.3 is 0 Å². The van der Waals surface area contributed by atoms with Crippen molar-refractivity contribution in [3.05, 3.63) is 71.3 Å². The molecular weight excluding hydrogens is 374 g/mol. The van der Waals surface area contributed by atoms with Crippen LogP contribution in [0.25, 0.3) is 0 Å². The highest BCUT2D eigenvalue weighted by Gasteiger charge is 2.50. The van der Waals surface area contributed by atoms with Crippen LogP contribution in [0.3, 0.4) is 0 Å². The van der Waals surface area contributed by atoms with Crippen LogP contribution in [0.1, 0.15) is 36.0 Å². The molecule has 156 valence electrons. The van der Waals surface area contributed by atoms with E-state index in [-0.39, 0.29) is 17.4 Å². The Hall–Kier alpha value is -2.68. The van der Waals surface area contributed by atoms with Crippen molar-refractivity contribution in [1.82, 2.24) is 9.80 Å². The average molecular weight is 404 g/mol. The second kappa shape index (κ2) is 8.99. The van der Waals surface area contributed by atoms with Gasteiger partial charge in [-0.25, -0.2) is 0 Å². The lowest BCUT2D eigenvalue weighted by atomic mass is 9.71. The summed E-state index contributed by atoms with van der Waals surface area (Å²) in [6.07, 6.45) is 2.57. The Morgan fingerprint density at radius 2 is 1.83 bits per heavy atom. The number of benzene rings is 2. The zero-order valence-electron chi connectivity index (χ0n) is 17.6. The molecule has 5 nitrogen and oxygen atoms in total. The summed E-state index contributed by atoms with van der Waals surface area (Å²) in [4.78, 5) is 17.6. The van der Waals surface area contributed by atoms with Gasteiger partial charge in [0.2, 0.25) is 5.91 Å². The number of nitrogens with zero attached hydrogens (tertiary/aromatic N) is 3. The maximum atomic E-state index is 13.1. The smallest absolute Gasteiger partial charge is 0.224 e. The van der Waals surface area contributed by atoms with Crippen molar-refractivity contribution < 1.29 is 9.53 Å². The predicted molar refractivity (Wildman–Crippen MR) is 116 cm³/mol. The Kier molecular flexibility index (Phi) is 6.17. The minimum atomic E-state index is -0.00859. The summed E-state index contributed by atoms with van der Waals surface area (Å²) in [5, 5.41) is 9.06. The second-order valence-corrected chi connectivity index (χ2v) is 8.39. The molecule has 0 bridgehead atoms. The molecule has 0 aliphatic carbocycles. The first-order valence-electron chi connectivity index (χ1n) is 10.7. The summed E-state index contributed by atoms with van der Waals surface area (Å²) in [6, 6.07) is 20.9. The van der Waals surface area contributed by atoms with E-state index in [4.69, 9.17) is 10.00 Å². The van der Waals surface area contributed by atoms with E-state index in [2.05, 4.69) is 41.3 Å². The van der Waals surface area contributed by atoms with Gasteiger partial charge in [0.25, 0.3) is 0 Å². The van der Waals surface area contributed by atoms with Gasteiger partial charge in [-0.05, 0) is 42.6 Å². The normalized spacial score (nSPS) is 24.3. The zero-order valence-corrected chi connectivity index (χ0v) is 17.6. The first-order chi connectivity index (χ1) is 14.7. The van der Waals surface area contributed by atoms with Crippen LogP contribution in [-0.4, -0.2) is 55.1 Å². The lowest BCUT2D eigenvalue weighted by Gasteiger charge is -2.37. The van der Waals surface area contributed by atoms with Gasteiger partial charge in [-0.3, -0.25) is 9.69 Å². The van der Waals surface area contributed by atoms with Crippen LogP contribution in [0.2, 0.25) is 0 Å². The molecule has 4 rings (SSSR count). The lowest BCUT2D eigenvalue weighted by molar-refractivity contribution is -0.132. The van der Waals surface area contributed by atoms with Gasteiger partial charge in [0.05, 0.1) is 18.2 Å². The Morgan fingerprint density at radius 3 is 2.53 bits per heavy atom. The van der Waals surface area contributed by atoms with E-state index in [9.17, 15) is 4.79 Å². The minimum absolute atomic E-state index is 0.00859. The van der Waals surface area contributed by atoms with Crippen LogP contribution >= 0.6 is 0 Å². The van der Waals surface area contributed by atoms with E-state index in [1.54, 1.807) is 7.11 Å². The van der Waals surface area contributed by atoms with Crippen molar-refractivity contribution >= 4 is 5.91 Å². The number of ether oxygens (including phenoxy) is 1. The molecule has 2 aliphatic rings. The molecule has 0 spiro atoms. The summed E-state index contributed by atoms with van der Waals surface area (Å²) in [6.45, 7) is 3.78. The molecule has 2 aromatic carbocycles. The number of carbonyl (C=O) groups excluding carboxylic acids is 1. The fourth-order valence-corrected chi connectivity index (χ4v) is 5.18. The summed E-state index contributed by atoms with van der Waals surface area (Å²) in [5.41, 5.74) is 3.20. The topological polar surface area (TPSA) is 56.6 Å². The van der Waals surface area contributed by atoms with Gasteiger partial charge < -0.3 is 9.64 Å². The van der Waals surface area contributed by atoms with Gasteiger partial charge in [0, 0.05) is 44.6 Å². The average Bonchev–Trinajstić information content (AvgIpc) is 3.05. The molecule has 0 aromatic heterocycles. The molecule has 2 fully saturated rings. The maximum Gasteiger partial charge on any atom is 0.224 e. The highest BCUT2D eigenvalue weighted by atomic mass is 16.5. The number of fused-ring (bicyclic) bond motifs is 1. The highest BCUT2D eigenvalue weighted by Crippen LogP contribution is 2.46. The van der Waals surface area contributed by atoms with E-state index in [0.29, 0.717) is 25.1 Å². The van der Waals surface area contributed by atoms with Gasteiger partial charge in [-0.1, -0.05) is 42.5 Å². The summed E-state index contributed by atoms with van der Waals surface area (Å²) >= 11 is 0. The van der Waals surface area contributed by atoms with Gasteiger partial charge in [0.1, 0.15) is 0 Å². The van der Waals surface area contributed by atoms with E-state index in [0.717, 1.165) is 32.5 Å². The van der Waals surface area contributed by atoms with Gasteiger partial charge in [-0.2, -0.15) is 5.26 Å². The van der Waals surface area contributed by atoms with Crippen molar-refractivity contribution in [3.8, 4) is 6.07 Å². The number of amides is 1. The van der Waals surface area contributed by atoms with Crippen LogP contribution in [0, 0.1) is 11.3 Å². The number of carbonyl (C=O) groups is 1. The molecule has 2 heterocycles. The Balaban J connectivity index is 1.63. The molecular formula is C25H29N3O2. The monoisotopic (exact) mass is 403 g/mol. The standard InChI is InChI=1S/C25H29N3O2/c1-30-16-15-27-13-11-25(22-5-3-2-4-6-22)12-14-28(23(25)17-24(27)29)19-21-9-7-20(18-26)8-10-21/h2-10,23H,11-17,19H2,1H3/t23-,25+/m1/s1. The third-order valence-corrected chi connectivity index (χ3v) is 6.86. The number of hydrogen-bond acceptors (Lipinski definition) is 4. The van der Waals surface area contributed by atoms with Crippen LogP contribution in [0.15, 0.2) is 54.6 Å². The highest BCUT2D eigenvalue weighted by molar-refractivity contribution is 5.77. The quantitative estimate of drug-likeness (QED) is 0.742. The van der Waals surface area contributed by atoms with Crippen molar-refractivity contribution in [2.24, 2.45) is 0 Å². The Labute approximate surface area is 178 Å². The van der Waals surface area contributed by atoms with Gasteiger partial charge in [0.15, 0.2) is 0 Å². The number of nitriles is 1. The number of likely N-dealkylation sites (tertiary alicyclic amines) is 2. The molecule has 2 aromatic rings. The van der Waals surface area contributed by atoms with E-state index >= 15 is 0 Å². The largest absolute Gasteiger partial charge is 0.383 e. The molecule has 30 heavy (non-hydrogen) atoms. The molecule has 0 radical (unpaired) electrons. The molecule has 2 saturated heterocycles. The summed E-state index contributed by atoms with van der Waals surface area (Å²) in [5.74, 6) is 0.224. The van der Waals surface area contributed by atoms with E-state index < -0.39 is 0 Å². The molecule has 1 amide bonds. The minimum Gasteiger partial charge on any atom is -0.383 e. The lowest BCUT2D eigenvalue weighted by Crippen LogP contribution is -2.43.